The number of halogens is 1. The first-order valence-electron chi connectivity index (χ1n) is 10.7. The van der Waals surface area contributed by atoms with Crippen LogP contribution in [0.5, 0.6) is 0 Å². The van der Waals surface area contributed by atoms with E-state index < -0.39 is 0 Å². The molecule has 2 aromatic heterocycles. The quantitative estimate of drug-likeness (QED) is 0.492. The number of aromatic nitrogens is 2. The van der Waals surface area contributed by atoms with E-state index in [1.165, 1.54) is 37.8 Å². The standard InChI is InChI=1S/C24H25ClN4S/c25-17-11-13-19(14-12-17)29-23(22(27-24(29)30)20-9-4-5-15-26-20)21-10-6-16-28(21)18-7-2-1-3-8-18/h4-6,9-16,18,22-23H,1-3,7-8H2,(H,27,30). The van der Waals surface area contributed by atoms with Gasteiger partial charge in [0.2, 0.25) is 0 Å². The lowest BCUT2D eigenvalue weighted by Gasteiger charge is -2.32. The van der Waals surface area contributed by atoms with Crippen molar-refractivity contribution in [2.75, 3.05) is 4.90 Å². The molecule has 0 radical (unpaired) electrons. The summed E-state index contributed by atoms with van der Waals surface area (Å²) in [4.78, 5) is 6.88. The molecule has 2 atom stereocenters. The molecule has 1 saturated heterocycles. The van der Waals surface area contributed by atoms with Crippen molar-refractivity contribution in [3.8, 4) is 0 Å². The van der Waals surface area contributed by atoms with Gasteiger partial charge in [0.1, 0.15) is 6.04 Å². The van der Waals surface area contributed by atoms with Crippen LogP contribution < -0.4 is 10.2 Å². The van der Waals surface area contributed by atoms with Crippen LogP contribution >= 0.6 is 23.8 Å². The number of thiocarbonyl (C=S) groups is 1. The summed E-state index contributed by atoms with van der Waals surface area (Å²) in [5.41, 5.74) is 3.31. The van der Waals surface area contributed by atoms with Gasteiger partial charge in [0.25, 0.3) is 0 Å². The summed E-state index contributed by atoms with van der Waals surface area (Å²) in [6, 6.07) is 18.9. The number of hydrogen-bond donors (Lipinski definition) is 1. The van der Waals surface area contributed by atoms with Crippen LogP contribution in [0.15, 0.2) is 67.0 Å². The number of nitrogens with zero attached hydrogens (tertiary/aromatic N) is 3. The van der Waals surface area contributed by atoms with Gasteiger partial charge in [0.05, 0.1) is 11.7 Å². The van der Waals surface area contributed by atoms with E-state index in [1.54, 1.807) is 0 Å². The number of hydrogen-bond acceptors (Lipinski definition) is 2. The first kappa shape index (κ1) is 19.6. The molecule has 154 valence electrons. The molecule has 0 amide bonds. The SMILES string of the molecule is S=C1NC(c2ccccn2)C(c2cccn2C2CCCCC2)N1c1ccc(Cl)cc1. The van der Waals surface area contributed by atoms with E-state index in [1.807, 2.05) is 42.6 Å². The molecule has 6 heteroatoms. The zero-order chi connectivity index (χ0) is 20.5. The summed E-state index contributed by atoms with van der Waals surface area (Å²) in [7, 11) is 0. The molecule has 2 aliphatic rings. The van der Waals surface area contributed by atoms with Gasteiger partial charge in [-0.25, -0.2) is 0 Å². The van der Waals surface area contributed by atoms with Gasteiger partial charge in [0.15, 0.2) is 5.11 Å². The average molecular weight is 437 g/mol. The van der Waals surface area contributed by atoms with Crippen molar-refractivity contribution in [1.82, 2.24) is 14.9 Å². The minimum Gasteiger partial charge on any atom is -0.351 e. The molecule has 1 aliphatic heterocycles. The van der Waals surface area contributed by atoms with E-state index in [2.05, 4.69) is 44.2 Å². The Morgan fingerprint density at radius 2 is 1.77 bits per heavy atom. The van der Waals surface area contributed by atoms with Gasteiger partial charge < -0.3 is 14.8 Å². The van der Waals surface area contributed by atoms with Crippen LogP contribution in [-0.4, -0.2) is 14.7 Å². The molecule has 0 spiro atoms. The Bertz CT molecular complexity index is 1010. The minimum absolute atomic E-state index is 0.0190. The van der Waals surface area contributed by atoms with Crippen LogP contribution in [0.2, 0.25) is 5.02 Å². The molecule has 1 N–H and O–H groups in total. The lowest BCUT2D eigenvalue weighted by molar-refractivity contribution is 0.340. The van der Waals surface area contributed by atoms with Gasteiger partial charge in [0, 0.05) is 34.8 Å². The topological polar surface area (TPSA) is 33.1 Å². The highest BCUT2D eigenvalue weighted by atomic mass is 35.5. The Morgan fingerprint density at radius 1 is 0.967 bits per heavy atom. The molecule has 2 fully saturated rings. The van der Waals surface area contributed by atoms with Gasteiger partial charge in [-0.3, -0.25) is 4.98 Å². The fraction of sp³-hybridized carbons (Fsp3) is 0.333. The maximum Gasteiger partial charge on any atom is 0.174 e. The smallest absolute Gasteiger partial charge is 0.174 e. The van der Waals surface area contributed by atoms with Crippen LogP contribution in [0.1, 0.15) is 61.6 Å². The predicted molar refractivity (Wildman–Crippen MR) is 126 cm³/mol. The number of anilines is 1. The molecule has 4 nitrogen and oxygen atoms in total. The molecule has 30 heavy (non-hydrogen) atoms. The highest BCUT2D eigenvalue weighted by Crippen LogP contribution is 2.43. The Kier molecular flexibility index (Phi) is 5.48. The van der Waals surface area contributed by atoms with E-state index in [0.29, 0.717) is 6.04 Å². The number of rotatable bonds is 4. The predicted octanol–water partition coefficient (Wildman–Crippen LogP) is 6.22. The van der Waals surface area contributed by atoms with E-state index in [4.69, 9.17) is 23.8 Å². The first-order valence-corrected chi connectivity index (χ1v) is 11.4. The number of nitrogens with one attached hydrogen (secondary N) is 1. The molecule has 3 heterocycles. The molecule has 1 aromatic carbocycles. The second kappa shape index (κ2) is 8.40. The van der Waals surface area contributed by atoms with Crippen LogP contribution in [0.25, 0.3) is 0 Å². The zero-order valence-corrected chi connectivity index (χ0v) is 18.3. The lowest BCUT2D eigenvalue weighted by atomic mass is 9.94. The second-order valence-electron chi connectivity index (χ2n) is 8.11. The van der Waals surface area contributed by atoms with Crippen molar-refractivity contribution >= 4 is 34.6 Å². The van der Waals surface area contributed by atoms with E-state index >= 15 is 0 Å². The maximum atomic E-state index is 6.16. The molecule has 5 rings (SSSR count). The van der Waals surface area contributed by atoms with E-state index in [0.717, 1.165) is 21.5 Å². The summed E-state index contributed by atoms with van der Waals surface area (Å²) >= 11 is 12.0. The van der Waals surface area contributed by atoms with Crippen LogP contribution in [0.4, 0.5) is 5.69 Å². The largest absolute Gasteiger partial charge is 0.351 e. The summed E-state index contributed by atoms with van der Waals surface area (Å²) < 4.78 is 2.48. The van der Waals surface area contributed by atoms with Gasteiger partial charge in [-0.05, 0) is 73.6 Å². The fourth-order valence-corrected chi connectivity index (χ4v) is 5.36. The van der Waals surface area contributed by atoms with Crippen molar-refractivity contribution in [2.45, 2.75) is 50.2 Å². The highest BCUT2D eigenvalue weighted by Gasteiger charge is 2.42. The Balaban J connectivity index is 1.61. The first-order chi connectivity index (χ1) is 14.7. The normalized spacial score (nSPS) is 22.3. The van der Waals surface area contributed by atoms with Crippen LogP contribution in [0.3, 0.4) is 0 Å². The lowest BCUT2D eigenvalue weighted by Crippen LogP contribution is -2.31. The van der Waals surface area contributed by atoms with Gasteiger partial charge >= 0.3 is 0 Å². The minimum atomic E-state index is -0.0216. The summed E-state index contributed by atoms with van der Waals surface area (Å²) in [5, 5.41) is 4.99. The Hall–Kier alpha value is -2.37. The number of benzene rings is 1. The van der Waals surface area contributed by atoms with Crippen molar-refractivity contribution in [1.29, 1.82) is 0 Å². The van der Waals surface area contributed by atoms with Gasteiger partial charge in [-0.1, -0.05) is 36.9 Å². The van der Waals surface area contributed by atoms with Crippen molar-refractivity contribution in [2.24, 2.45) is 0 Å². The highest BCUT2D eigenvalue weighted by molar-refractivity contribution is 7.80. The van der Waals surface area contributed by atoms with Gasteiger partial charge in [-0.2, -0.15) is 0 Å². The maximum absolute atomic E-state index is 6.16. The van der Waals surface area contributed by atoms with E-state index in [9.17, 15) is 0 Å². The monoisotopic (exact) mass is 436 g/mol. The summed E-state index contributed by atoms with van der Waals surface area (Å²) in [6.45, 7) is 0. The van der Waals surface area contributed by atoms with Gasteiger partial charge in [-0.15, -0.1) is 0 Å². The third-order valence-corrected chi connectivity index (χ3v) is 6.85. The molecule has 2 unspecified atom stereocenters. The fourth-order valence-electron chi connectivity index (χ4n) is 4.88. The van der Waals surface area contributed by atoms with Crippen molar-refractivity contribution in [3.63, 3.8) is 0 Å². The van der Waals surface area contributed by atoms with Crippen molar-refractivity contribution < 1.29 is 0 Å². The third kappa shape index (κ3) is 3.61. The number of pyridine rings is 1. The second-order valence-corrected chi connectivity index (χ2v) is 8.93. The van der Waals surface area contributed by atoms with Crippen molar-refractivity contribution in [3.05, 3.63) is 83.4 Å². The molecule has 1 aliphatic carbocycles. The molecule has 3 aromatic rings. The summed E-state index contributed by atoms with van der Waals surface area (Å²) in [5.74, 6) is 0. The average Bonchev–Trinajstić information content (AvgIpc) is 3.40. The molecular formula is C24H25ClN4S. The molecular weight excluding hydrogens is 412 g/mol. The van der Waals surface area contributed by atoms with E-state index in [-0.39, 0.29) is 12.1 Å². The third-order valence-electron chi connectivity index (χ3n) is 6.29. The summed E-state index contributed by atoms with van der Waals surface area (Å²) in [6.07, 6.45) is 10.5. The molecule has 1 saturated carbocycles. The molecule has 0 bridgehead atoms. The Morgan fingerprint density at radius 3 is 2.50 bits per heavy atom. The Labute approximate surface area is 187 Å². The van der Waals surface area contributed by atoms with Crippen LogP contribution in [-0.2, 0) is 0 Å². The zero-order valence-electron chi connectivity index (χ0n) is 16.7. The van der Waals surface area contributed by atoms with Crippen LogP contribution in [0, 0.1) is 0 Å².